The first-order valence-corrected chi connectivity index (χ1v) is 10.0. The number of piperazine rings is 1. The molecule has 0 bridgehead atoms. The Hall–Kier alpha value is -3.17. The van der Waals surface area contributed by atoms with Crippen molar-refractivity contribution >= 4 is 17.4 Å². The average molecular weight is 432 g/mol. The van der Waals surface area contributed by atoms with E-state index in [9.17, 15) is 18.0 Å². The minimum absolute atomic E-state index is 0.0618. The number of carbonyl (C=O) groups excluding carboxylic acids is 1. The quantitative estimate of drug-likeness (QED) is 0.637. The van der Waals surface area contributed by atoms with E-state index >= 15 is 0 Å². The maximum Gasteiger partial charge on any atom is 0.453 e. The smallest absolute Gasteiger partial charge is 0.368 e. The zero-order valence-corrected chi connectivity index (χ0v) is 17.6. The molecule has 7 nitrogen and oxygen atoms in total. The van der Waals surface area contributed by atoms with Crippen LogP contribution in [0.25, 0.3) is 5.78 Å². The van der Waals surface area contributed by atoms with Crippen molar-refractivity contribution in [2.24, 2.45) is 0 Å². The number of aryl methyl sites for hydroxylation is 3. The van der Waals surface area contributed by atoms with E-state index in [1.165, 1.54) is 5.56 Å². The Balaban J connectivity index is 1.48. The van der Waals surface area contributed by atoms with E-state index in [0.717, 1.165) is 23.3 Å². The molecule has 1 fully saturated rings. The van der Waals surface area contributed by atoms with Gasteiger partial charge in [-0.3, -0.25) is 4.79 Å². The number of fused-ring (bicyclic) bond motifs is 1. The SMILES string of the molecule is Cc1cccc(N2CCN(C(=O)Cc3c(C)nc4nc(C(F)(F)F)nn4c3C)CC2)c1. The molecule has 1 amide bonds. The van der Waals surface area contributed by atoms with Crippen LogP contribution in [0.2, 0.25) is 0 Å². The van der Waals surface area contributed by atoms with Crippen molar-refractivity contribution in [1.29, 1.82) is 0 Å². The monoisotopic (exact) mass is 432 g/mol. The highest BCUT2D eigenvalue weighted by Gasteiger charge is 2.37. The van der Waals surface area contributed by atoms with Crippen molar-refractivity contribution in [3.05, 3.63) is 52.6 Å². The lowest BCUT2D eigenvalue weighted by atomic mass is 10.1. The van der Waals surface area contributed by atoms with Crippen molar-refractivity contribution in [2.75, 3.05) is 31.1 Å². The van der Waals surface area contributed by atoms with Crippen molar-refractivity contribution in [3.8, 4) is 0 Å². The molecule has 164 valence electrons. The normalized spacial score (nSPS) is 15.0. The molecule has 1 aliphatic rings. The maximum absolute atomic E-state index is 13.0. The molecule has 2 aromatic heterocycles. The fourth-order valence-corrected chi connectivity index (χ4v) is 3.89. The average Bonchev–Trinajstić information content (AvgIpc) is 3.16. The zero-order valence-electron chi connectivity index (χ0n) is 17.6. The summed E-state index contributed by atoms with van der Waals surface area (Å²) in [5.74, 6) is -1.43. The van der Waals surface area contributed by atoms with Crippen LogP contribution in [0.1, 0.15) is 28.3 Å². The molecule has 0 unspecified atom stereocenters. The van der Waals surface area contributed by atoms with Crippen LogP contribution >= 0.6 is 0 Å². The Morgan fingerprint density at radius 1 is 1.06 bits per heavy atom. The number of halogens is 3. The third-order valence-corrected chi connectivity index (χ3v) is 5.63. The lowest BCUT2D eigenvalue weighted by molar-refractivity contribution is -0.144. The summed E-state index contributed by atoms with van der Waals surface area (Å²) in [6, 6.07) is 8.25. The number of hydrogen-bond acceptors (Lipinski definition) is 5. The second kappa shape index (κ2) is 7.82. The highest BCUT2D eigenvalue weighted by molar-refractivity contribution is 5.79. The molecule has 0 spiro atoms. The van der Waals surface area contributed by atoms with Gasteiger partial charge >= 0.3 is 6.18 Å². The number of benzene rings is 1. The number of rotatable bonds is 3. The van der Waals surface area contributed by atoms with Gasteiger partial charge in [0.2, 0.25) is 5.91 Å². The summed E-state index contributed by atoms with van der Waals surface area (Å²) >= 11 is 0. The fourth-order valence-electron chi connectivity index (χ4n) is 3.89. The van der Waals surface area contributed by atoms with Crippen LogP contribution in [-0.4, -0.2) is 56.6 Å². The minimum Gasteiger partial charge on any atom is -0.368 e. The molecule has 3 heterocycles. The van der Waals surface area contributed by atoms with Gasteiger partial charge < -0.3 is 9.80 Å². The van der Waals surface area contributed by atoms with Gasteiger partial charge in [-0.15, -0.1) is 5.10 Å². The Bertz CT molecular complexity index is 1130. The van der Waals surface area contributed by atoms with Crippen molar-refractivity contribution in [1.82, 2.24) is 24.5 Å². The first-order valence-electron chi connectivity index (χ1n) is 10.0. The van der Waals surface area contributed by atoms with Crippen LogP contribution in [0.15, 0.2) is 24.3 Å². The molecule has 0 atom stereocenters. The van der Waals surface area contributed by atoms with Crippen LogP contribution in [0.5, 0.6) is 0 Å². The molecular formula is C21H23F3N6O. The predicted octanol–water partition coefficient (Wildman–Crippen LogP) is 2.96. The lowest BCUT2D eigenvalue weighted by Crippen LogP contribution is -2.49. The number of carbonyl (C=O) groups is 1. The first-order chi connectivity index (χ1) is 14.6. The highest BCUT2D eigenvalue weighted by atomic mass is 19.4. The zero-order chi connectivity index (χ0) is 22.3. The van der Waals surface area contributed by atoms with Crippen LogP contribution in [0.3, 0.4) is 0 Å². The number of nitrogens with zero attached hydrogens (tertiary/aromatic N) is 6. The first kappa shape index (κ1) is 21.1. The minimum atomic E-state index is -4.65. The molecule has 0 aliphatic carbocycles. The third kappa shape index (κ3) is 4.19. The molecule has 0 saturated carbocycles. The van der Waals surface area contributed by atoms with Crippen LogP contribution in [0.4, 0.5) is 18.9 Å². The van der Waals surface area contributed by atoms with Gasteiger partial charge in [-0.05, 0) is 38.5 Å². The Labute approximate surface area is 177 Å². The van der Waals surface area contributed by atoms with Gasteiger partial charge in [-0.25, -0.2) is 9.50 Å². The topological polar surface area (TPSA) is 66.6 Å². The summed E-state index contributed by atoms with van der Waals surface area (Å²) in [6.45, 7) is 7.97. The summed E-state index contributed by atoms with van der Waals surface area (Å²) in [5.41, 5.74) is 3.83. The van der Waals surface area contributed by atoms with E-state index in [1.807, 2.05) is 19.1 Å². The van der Waals surface area contributed by atoms with E-state index < -0.39 is 12.0 Å². The number of anilines is 1. The molecule has 1 aliphatic heterocycles. The van der Waals surface area contributed by atoms with Gasteiger partial charge in [0.15, 0.2) is 0 Å². The van der Waals surface area contributed by atoms with E-state index in [1.54, 1.807) is 18.7 Å². The second-order valence-corrected chi connectivity index (χ2v) is 7.79. The largest absolute Gasteiger partial charge is 0.453 e. The third-order valence-electron chi connectivity index (χ3n) is 5.63. The molecular weight excluding hydrogens is 409 g/mol. The maximum atomic E-state index is 13.0. The van der Waals surface area contributed by atoms with Gasteiger partial charge in [-0.1, -0.05) is 12.1 Å². The summed E-state index contributed by atoms with van der Waals surface area (Å²) in [6.07, 6.45) is -4.59. The Morgan fingerprint density at radius 2 is 1.77 bits per heavy atom. The second-order valence-electron chi connectivity index (χ2n) is 7.79. The number of alkyl halides is 3. The van der Waals surface area contributed by atoms with Gasteiger partial charge in [0.1, 0.15) is 0 Å². The predicted molar refractivity (Wildman–Crippen MR) is 109 cm³/mol. The van der Waals surface area contributed by atoms with Gasteiger partial charge in [0.25, 0.3) is 11.6 Å². The standard InChI is InChI=1S/C21H23F3N6O/c1-13-5-4-6-16(11-13)28-7-9-29(10-8-28)18(31)12-17-14(2)25-20-26-19(21(22,23)24)27-30(20)15(17)3/h4-6,11H,7-10,12H2,1-3H3. The van der Waals surface area contributed by atoms with Gasteiger partial charge in [-0.2, -0.15) is 18.2 Å². The van der Waals surface area contributed by atoms with Crippen LogP contribution in [0, 0.1) is 20.8 Å². The number of aromatic nitrogens is 4. The molecule has 31 heavy (non-hydrogen) atoms. The summed E-state index contributed by atoms with van der Waals surface area (Å²) in [4.78, 5) is 24.6. The van der Waals surface area contributed by atoms with E-state index in [4.69, 9.17) is 0 Å². The molecule has 1 saturated heterocycles. The van der Waals surface area contributed by atoms with E-state index in [-0.39, 0.29) is 18.1 Å². The fraction of sp³-hybridized carbons (Fsp3) is 0.429. The lowest BCUT2D eigenvalue weighted by Gasteiger charge is -2.36. The molecule has 0 radical (unpaired) electrons. The number of amides is 1. The molecule has 0 N–H and O–H groups in total. The van der Waals surface area contributed by atoms with Gasteiger partial charge in [0.05, 0.1) is 6.42 Å². The molecule has 4 rings (SSSR count). The molecule has 3 aromatic rings. The van der Waals surface area contributed by atoms with E-state index in [2.05, 4.69) is 32.1 Å². The Morgan fingerprint density at radius 3 is 2.42 bits per heavy atom. The summed E-state index contributed by atoms with van der Waals surface area (Å²) in [5, 5.41) is 3.54. The number of hydrogen-bond donors (Lipinski definition) is 0. The summed E-state index contributed by atoms with van der Waals surface area (Å²) < 4.78 is 39.9. The molecule has 10 heteroatoms. The van der Waals surface area contributed by atoms with Crippen molar-refractivity contribution in [3.63, 3.8) is 0 Å². The summed E-state index contributed by atoms with van der Waals surface area (Å²) in [7, 11) is 0. The van der Waals surface area contributed by atoms with Crippen molar-refractivity contribution in [2.45, 2.75) is 33.4 Å². The van der Waals surface area contributed by atoms with Crippen molar-refractivity contribution < 1.29 is 18.0 Å². The van der Waals surface area contributed by atoms with Crippen LogP contribution < -0.4 is 4.90 Å². The highest BCUT2D eigenvalue weighted by Crippen LogP contribution is 2.27. The van der Waals surface area contributed by atoms with E-state index in [0.29, 0.717) is 30.0 Å². The Kier molecular flexibility index (Phi) is 5.32. The molecule has 1 aromatic carbocycles. The van der Waals surface area contributed by atoms with Gasteiger partial charge in [0, 0.05) is 48.8 Å². The van der Waals surface area contributed by atoms with Crippen LogP contribution in [-0.2, 0) is 17.4 Å².